The van der Waals surface area contributed by atoms with Gasteiger partial charge in [-0.3, -0.25) is 0 Å². The number of aromatic nitrogens is 4. The van der Waals surface area contributed by atoms with Gasteiger partial charge in [0.25, 0.3) is 0 Å². The lowest BCUT2D eigenvalue weighted by Gasteiger charge is -2.16. The summed E-state index contributed by atoms with van der Waals surface area (Å²) in [5.74, 6) is -1.93. The Bertz CT molecular complexity index is 2280. The van der Waals surface area contributed by atoms with Crippen molar-refractivity contribution in [2.75, 3.05) is 13.2 Å². The van der Waals surface area contributed by atoms with Crippen LogP contribution in [0.4, 0.5) is 8.78 Å². The van der Waals surface area contributed by atoms with Gasteiger partial charge in [0.15, 0.2) is 0 Å². The van der Waals surface area contributed by atoms with Crippen LogP contribution in [0.15, 0.2) is 160 Å². The van der Waals surface area contributed by atoms with E-state index in [1.54, 1.807) is 36.4 Å². The molecule has 0 bridgehead atoms. The molecule has 0 aliphatic carbocycles. The van der Waals surface area contributed by atoms with Crippen molar-refractivity contribution in [3.05, 3.63) is 194 Å². The zero-order valence-electron chi connectivity index (χ0n) is 40.2. The van der Waals surface area contributed by atoms with Gasteiger partial charge in [0.2, 0.25) is 12.7 Å². The quantitative estimate of drug-likeness (QED) is 0.0312. The molecule has 368 valence electrons. The number of carbonyl (C=O) groups is 2. The smallest absolute Gasteiger partial charge is 0.243 e. The fraction of sp³-hybridized carbons (Fsp3) is 0.345. The molecule has 12 nitrogen and oxygen atoms in total. The predicted molar refractivity (Wildman–Crippen MR) is 256 cm³/mol. The lowest BCUT2D eigenvalue weighted by atomic mass is 10.1. The standard InChI is InChI=1S/2C26H32FN2O2.C3H4O4/c2*1-4-18-30-26(24-9-5-6-10-25(24)27)19-29-17-16-28(20-29)15-7-8-22-11-13-23(14-12-22)31-21(2)3;4-2(5)1-3(6)7/h2*4-6,9-14,16-17,20-21,26H,1,7-8,15,18-19H2,2-3H3;1H2,(H,4,5)(H,6,7)/q2*+1;/p-2. The highest BCUT2D eigenvalue weighted by Gasteiger charge is 2.21. The van der Waals surface area contributed by atoms with Crippen LogP contribution in [-0.2, 0) is 58.1 Å². The zero-order chi connectivity index (χ0) is 50.0. The molecule has 2 atom stereocenters. The normalized spacial score (nSPS) is 11.7. The molecule has 2 unspecified atom stereocenters. The molecular formula is C55H66F2N4O8. The Balaban J connectivity index is 0.000000264. The van der Waals surface area contributed by atoms with Crippen LogP contribution < -0.4 is 28.8 Å². The van der Waals surface area contributed by atoms with E-state index in [2.05, 4.69) is 46.6 Å². The molecule has 0 aliphatic heterocycles. The minimum absolute atomic E-state index is 0.187. The summed E-state index contributed by atoms with van der Waals surface area (Å²) >= 11 is 0. The molecule has 6 aromatic rings. The van der Waals surface area contributed by atoms with E-state index in [1.165, 1.54) is 23.3 Å². The van der Waals surface area contributed by atoms with Gasteiger partial charge >= 0.3 is 0 Å². The number of carboxylic acids is 2. The van der Waals surface area contributed by atoms with Gasteiger partial charge in [0.1, 0.15) is 73.2 Å². The second-order valence-corrected chi connectivity index (χ2v) is 16.7. The van der Waals surface area contributed by atoms with Gasteiger partial charge in [-0.15, -0.1) is 13.2 Å². The number of aryl methyl sites for hydroxylation is 4. The average molecular weight is 949 g/mol. The third kappa shape index (κ3) is 20.9. The van der Waals surface area contributed by atoms with E-state index in [9.17, 15) is 28.6 Å². The summed E-state index contributed by atoms with van der Waals surface area (Å²) in [6.07, 6.45) is 18.2. The molecule has 4 aromatic carbocycles. The van der Waals surface area contributed by atoms with Gasteiger partial charge in [0.05, 0.1) is 38.5 Å². The van der Waals surface area contributed by atoms with Gasteiger partial charge < -0.3 is 38.7 Å². The number of aliphatic carboxylic acids is 2. The third-order valence-electron chi connectivity index (χ3n) is 10.2. The maximum absolute atomic E-state index is 14.3. The van der Waals surface area contributed by atoms with E-state index in [-0.39, 0.29) is 36.1 Å². The average Bonchev–Trinajstić information content (AvgIpc) is 3.96. The van der Waals surface area contributed by atoms with Gasteiger partial charge in [-0.25, -0.2) is 27.0 Å². The lowest BCUT2D eigenvalue weighted by molar-refractivity contribution is -0.704. The highest BCUT2D eigenvalue weighted by atomic mass is 19.1. The molecule has 6 rings (SSSR count). The number of hydrogen-bond donors (Lipinski definition) is 0. The summed E-state index contributed by atoms with van der Waals surface area (Å²) in [6, 6.07) is 30.2. The first-order valence-electron chi connectivity index (χ1n) is 23.2. The molecule has 14 heteroatoms. The molecule has 2 aromatic heterocycles. The highest BCUT2D eigenvalue weighted by Crippen LogP contribution is 2.23. The van der Waals surface area contributed by atoms with Crippen LogP contribution in [0.25, 0.3) is 0 Å². The molecular weight excluding hydrogens is 883 g/mol. The third-order valence-corrected chi connectivity index (χ3v) is 10.2. The number of benzene rings is 4. The number of ether oxygens (including phenoxy) is 4. The molecule has 0 spiro atoms. The van der Waals surface area contributed by atoms with Gasteiger partial charge in [0, 0.05) is 29.5 Å². The van der Waals surface area contributed by atoms with Crippen molar-refractivity contribution in [3.63, 3.8) is 0 Å². The van der Waals surface area contributed by atoms with Gasteiger partial charge in [-0.2, -0.15) is 0 Å². The topological polar surface area (TPSA) is 135 Å². The Morgan fingerprint density at radius 3 is 1.30 bits per heavy atom. The molecule has 0 fully saturated rings. The minimum atomic E-state index is -1.63. The summed E-state index contributed by atoms with van der Waals surface area (Å²) in [6.45, 7) is 19.2. The summed E-state index contributed by atoms with van der Waals surface area (Å²) in [4.78, 5) is 18.6. The maximum atomic E-state index is 14.3. The Kier molecular flexibility index (Phi) is 23.6. The molecule has 0 radical (unpaired) electrons. The fourth-order valence-electron chi connectivity index (χ4n) is 7.13. The zero-order valence-corrected chi connectivity index (χ0v) is 40.2. The van der Waals surface area contributed by atoms with Crippen molar-refractivity contribution in [3.8, 4) is 11.5 Å². The first kappa shape index (κ1) is 54.7. The number of rotatable bonds is 26. The number of carbonyl (C=O) groups excluding carboxylic acids is 2. The molecule has 0 aliphatic rings. The Hall–Kier alpha value is -6.90. The number of nitrogens with zero attached hydrogens (tertiary/aromatic N) is 4. The van der Waals surface area contributed by atoms with E-state index in [1.807, 2.05) is 111 Å². The molecule has 2 heterocycles. The number of hydrogen-bond acceptors (Lipinski definition) is 8. The number of carboxylic acid groups (broad SMARTS) is 2. The first-order chi connectivity index (χ1) is 33.2. The van der Waals surface area contributed by atoms with Crippen molar-refractivity contribution in [2.45, 2.75) is 110 Å². The van der Waals surface area contributed by atoms with Crippen LogP contribution in [0.2, 0.25) is 0 Å². The first-order valence-corrected chi connectivity index (χ1v) is 23.2. The maximum Gasteiger partial charge on any atom is 0.243 e. The van der Waals surface area contributed by atoms with Crippen molar-refractivity contribution in [1.29, 1.82) is 0 Å². The Morgan fingerprint density at radius 1 is 0.609 bits per heavy atom. The second kappa shape index (κ2) is 29.8. The molecule has 0 saturated carbocycles. The van der Waals surface area contributed by atoms with Crippen molar-refractivity contribution in [2.24, 2.45) is 0 Å². The van der Waals surface area contributed by atoms with Crippen LogP contribution in [-0.4, -0.2) is 46.5 Å². The SMILES string of the molecule is C=CCOC(C[n+]1ccn(CCCc2ccc(OC(C)C)cc2)c1)c1ccccc1F.C=CCOC(C[n+]1ccn(CCCc2ccc(OC(C)C)cc2)c1)c1ccccc1F.O=C([O-])CC(=O)[O-]. The second-order valence-electron chi connectivity index (χ2n) is 16.7. The van der Waals surface area contributed by atoms with Crippen LogP contribution in [0.1, 0.15) is 81.4 Å². The van der Waals surface area contributed by atoms with E-state index < -0.39 is 18.4 Å². The summed E-state index contributed by atoms with van der Waals surface area (Å²) in [5.41, 5.74) is 3.73. The molecule has 0 N–H and O–H groups in total. The minimum Gasteiger partial charge on any atom is -0.550 e. The summed E-state index contributed by atoms with van der Waals surface area (Å²) < 4.78 is 60.0. The summed E-state index contributed by atoms with van der Waals surface area (Å²) in [5, 5.41) is 18.6. The Morgan fingerprint density at radius 2 is 0.986 bits per heavy atom. The van der Waals surface area contributed by atoms with E-state index in [0.29, 0.717) is 37.4 Å². The predicted octanol–water partition coefficient (Wildman–Crippen LogP) is 7.43. The van der Waals surface area contributed by atoms with E-state index in [0.717, 1.165) is 50.3 Å². The monoisotopic (exact) mass is 948 g/mol. The Labute approximate surface area is 405 Å². The van der Waals surface area contributed by atoms with Gasteiger partial charge in [-0.05, 0) is 101 Å². The van der Waals surface area contributed by atoms with E-state index in [4.69, 9.17) is 18.9 Å². The van der Waals surface area contributed by atoms with Crippen molar-refractivity contribution < 1.29 is 56.7 Å². The summed E-state index contributed by atoms with van der Waals surface area (Å²) in [7, 11) is 0. The van der Waals surface area contributed by atoms with Crippen LogP contribution in [0, 0.1) is 11.6 Å². The number of imidazole rings is 2. The van der Waals surface area contributed by atoms with Crippen LogP contribution in [0.5, 0.6) is 11.5 Å². The van der Waals surface area contributed by atoms with Gasteiger partial charge in [-0.1, -0.05) is 72.8 Å². The molecule has 0 saturated heterocycles. The highest BCUT2D eigenvalue weighted by molar-refractivity contribution is 5.86. The molecule has 69 heavy (non-hydrogen) atoms. The largest absolute Gasteiger partial charge is 0.550 e. The molecule has 0 amide bonds. The van der Waals surface area contributed by atoms with Crippen LogP contribution >= 0.6 is 0 Å². The fourth-order valence-corrected chi connectivity index (χ4v) is 7.13. The van der Waals surface area contributed by atoms with Crippen LogP contribution in [0.3, 0.4) is 0 Å². The lowest BCUT2D eigenvalue weighted by Crippen LogP contribution is -2.36. The number of halogens is 2. The van der Waals surface area contributed by atoms with Crippen molar-refractivity contribution in [1.82, 2.24) is 9.13 Å². The van der Waals surface area contributed by atoms with Crippen molar-refractivity contribution >= 4 is 11.9 Å². The van der Waals surface area contributed by atoms with E-state index >= 15 is 0 Å².